The van der Waals surface area contributed by atoms with Crippen molar-refractivity contribution in [2.75, 3.05) is 10.6 Å². The van der Waals surface area contributed by atoms with Crippen molar-refractivity contribution in [2.45, 2.75) is 41.8 Å². The van der Waals surface area contributed by atoms with Crippen molar-refractivity contribution < 1.29 is 16.8 Å². The number of nitrogens with zero attached hydrogens (tertiary/aromatic N) is 2. The lowest BCUT2D eigenvalue weighted by atomic mass is 10.1. The molecular formula is C22H24N6O4S2. The first-order valence-corrected chi connectivity index (χ1v) is 13.9. The van der Waals surface area contributed by atoms with Crippen LogP contribution in [0, 0.1) is 6.92 Å². The van der Waals surface area contributed by atoms with Gasteiger partial charge in [-0.3, -0.25) is 5.32 Å². The second-order valence-electron chi connectivity index (χ2n) is 8.51. The molecule has 12 heteroatoms. The Kier molecular flexibility index (Phi) is 5.55. The maximum atomic E-state index is 12.7. The second-order valence-corrected chi connectivity index (χ2v) is 12.4. The number of nitrogens with two attached hydrogens (primary N) is 1. The van der Waals surface area contributed by atoms with Gasteiger partial charge in [0.25, 0.3) is 0 Å². The minimum atomic E-state index is -3.76. The highest BCUT2D eigenvalue weighted by atomic mass is 32.2. The van der Waals surface area contributed by atoms with E-state index < -0.39 is 25.2 Å². The molecular weight excluding hydrogens is 476 g/mol. The van der Waals surface area contributed by atoms with Crippen molar-refractivity contribution in [3.05, 3.63) is 65.4 Å². The van der Waals surface area contributed by atoms with Crippen molar-refractivity contribution >= 4 is 43.0 Å². The van der Waals surface area contributed by atoms with Crippen molar-refractivity contribution in [1.29, 1.82) is 0 Å². The fraction of sp³-hybridized carbons (Fsp3) is 0.273. The molecule has 34 heavy (non-hydrogen) atoms. The second kappa shape index (κ2) is 8.31. The Morgan fingerprint density at radius 3 is 2.38 bits per heavy atom. The first kappa shape index (κ1) is 22.7. The number of nitrogens with one attached hydrogen (secondary N) is 3. The molecule has 0 amide bonds. The van der Waals surface area contributed by atoms with Gasteiger partial charge in [-0.25, -0.2) is 27.0 Å². The maximum Gasteiger partial charge on any atom is 0.238 e. The van der Waals surface area contributed by atoms with Crippen LogP contribution >= 0.6 is 0 Å². The number of fused-ring (bicyclic) bond motifs is 1. The number of anilines is 4. The molecule has 0 radical (unpaired) electrons. The Bertz CT molecular complexity index is 1470. The summed E-state index contributed by atoms with van der Waals surface area (Å²) >= 11 is 0. The number of aromatic nitrogens is 2. The van der Waals surface area contributed by atoms with Crippen LogP contribution in [0.4, 0.5) is 23.1 Å². The molecule has 10 nitrogen and oxygen atoms in total. The largest absolute Gasteiger partial charge is 0.340 e. The van der Waals surface area contributed by atoms with Crippen molar-refractivity contribution in [1.82, 2.24) is 15.3 Å². The van der Waals surface area contributed by atoms with Gasteiger partial charge in [-0.05, 0) is 67.3 Å². The topological polar surface area (TPSA) is 156 Å². The number of sulfone groups is 1. The van der Waals surface area contributed by atoms with E-state index in [2.05, 4.69) is 25.9 Å². The van der Waals surface area contributed by atoms with Crippen LogP contribution in [0.3, 0.4) is 0 Å². The lowest BCUT2D eigenvalue weighted by Gasteiger charge is -2.14. The van der Waals surface area contributed by atoms with Gasteiger partial charge in [0, 0.05) is 29.7 Å². The van der Waals surface area contributed by atoms with Gasteiger partial charge in [0.2, 0.25) is 16.0 Å². The molecule has 0 saturated heterocycles. The number of rotatable bonds is 7. The summed E-state index contributed by atoms with van der Waals surface area (Å²) in [5.74, 6) is 0.918. The van der Waals surface area contributed by atoms with Crippen LogP contribution in [0.2, 0.25) is 0 Å². The third-order valence-electron chi connectivity index (χ3n) is 5.89. The van der Waals surface area contributed by atoms with E-state index in [0.717, 1.165) is 35.2 Å². The molecule has 1 aliphatic heterocycles. The highest BCUT2D eigenvalue weighted by Gasteiger charge is 2.44. The Balaban J connectivity index is 1.34. The fourth-order valence-electron chi connectivity index (χ4n) is 3.91. The van der Waals surface area contributed by atoms with Crippen molar-refractivity contribution in [3.8, 4) is 0 Å². The highest BCUT2D eigenvalue weighted by molar-refractivity contribution is 7.92. The molecule has 1 atom stereocenters. The summed E-state index contributed by atoms with van der Waals surface area (Å²) in [7, 11) is -6.97. The van der Waals surface area contributed by atoms with E-state index >= 15 is 0 Å². The molecule has 5 N–H and O–H groups in total. The third-order valence-corrected chi connectivity index (χ3v) is 9.30. The third kappa shape index (κ3) is 4.49. The number of aryl methyl sites for hydroxylation is 1. The molecule has 178 valence electrons. The van der Waals surface area contributed by atoms with Gasteiger partial charge in [-0.2, -0.15) is 4.98 Å². The molecule has 2 aromatic carbocycles. The zero-order valence-corrected chi connectivity index (χ0v) is 19.9. The van der Waals surface area contributed by atoms with Gasteiger partial charge in [0.1, 0.15) is 11.2 Å². The van der Waals surface area contributed by atoms with Crippen LogP contribution < -0.4 is 21.1 Å². The molecule has 5 rings (SSSR count). The summed E-state index contributed by atoms with van der Waals surface area (Å²) in [5, 5.41) is 13.7. The molecule has 1 aromatic heterocycles. The Hall–Kier alpha value is -3.06. The zero-order valence-electron chi connectivity index (χ0n) is 18.3. The Morgan fingerprint density at radius 1 is 1.00 bits per heavy atom. The molecule has 1 unspecified atom stereocenters. The van der Waals surface area contributed by atoms with Gasteiger partial charge in [-0.15, -0.1) is 0 Å². The van der Waals surface area contributed by atoms with Gasteiger partial charge >= 0.3 is 0 Å². The lowest BCUT2D eigenvalue weighted by molar-refractivity contribution is 0.566. The summed E-state index contributed by atoms with van der Waals surface area (Å²) in [4.78, 5) is 8.82. The zero-order chi connectivity index (χ0) is 24.1. The summed E-state index contributed by atoms with van der Waals surface area (Å²) in [6.07, 6.45) is 3.16. The summed E-state index contributed by atoms with van der Waals surface area (Å²) in [6, 6.07) is 11.6. The standard InChI is InChI=1S/C22H24N6O4S2/c1-13-11-25-22(27-15-2-5-18(6-3-15)34(23,31)32)28-20(13)26-16-4-9-19-14(10-16)12-24-21(19)33(29,30)17-7-8-17/h2-6,9-11,17,21,24H,7-8,12H2,1H3,(H2,23,31,32)(H2,25,26,27,28). The number of hydrogen-bond donors (Lipinski definition) is 4. The van der Waals surface area contributed by atoms with Gasteiger partial charge in [0.15, 0.2) is 9.84 Å². The van der Waals surface area contributed by atoms with Crippen LogP contribution in [0.1, 0.15) is 34.9 Å². The highest BCUT2D eigenvalue weighted by Crippen LogP contribution is 2.40. The SMILES string of the molecule is Cc1cnc(Nc2ccc(S(N)(=O)=O)cc2)nc1Nc1ccc2c(c1)CNC2S(=O)(=O)C1CC1. The molecule has 0 bridgehead atoms. The first-order valence-electron chi connectivity index (χ1n) is 10.7. The lowest BCUT2D eigenvalue weighted by Crippen LogP contribution is -2.25. The van der Waals surface area contributed by atoms with E-state index in [-0.39, 0.29) is 10.1 Å². The number of sulfonamides is 1. The minimum Gasteiger partial charge on any atom is -0.340 e. The molecule has 2 heterocycles. The van der Waals surface area contributed by atoms with Crippen LogP contribution in [-0.2, 0) is 26.4 Å². The molecule has 3 aromatic rings. The van der Waals surface area contributed by atoms with Crippen molar-refractivity contribution in [2.24, 2.45) is 5.14 Å². The predicted octanol–water partition coefficient (Wildman–Crippen LogP) is 2.60. The van der Waals surface area contributed by atoms with E-state index in [9.17, 15) is 16.8 Å². The number of hydrogen-bond acceptors (Lipinski definition) is 9. The van der Waals surface area contributed by atoms with Gasteiger partial charge in [0.05, 0.1) is 10.1 Å². The van der Waals surface area contributed by atoms with E-state index in [1.54, 1.807) is 18.3 Å². The van der Waals surface area contributed by atoms with Crippen LogP contribution in [0.25, 0.3) is 0 Å². The quantitative estimate of drug-likeness (QED) is 0.383. The van der Waals surface area contributed by atoms with E-state index in [4.69, 9.17) is 5.14 Å². The van der Waals surface area contributed by atoms with Crippen LogP contribution in [0.5, 0.6) is 0 Å². The van der Waals surface area contributed by atoms with Crippen LogP contribution in [0.15, 0.2) is 53.6 Å². The van der Waals surface area contributed by atoms with E-state index in [1.807, 2.05) is 25.1 Å². The molecule has 1 aliphatic carbocycles. The molecule has 0 spiro atoms. The molecule has 1 fully saturated rings. The Morgan fingerprint density at radius 2 is 1.71 bits per heavy atom. The number of primary sulfonamides is 1. The molecule has 1 saturated carbocycles. The first-order chi connectivity index (χ1) is 16.1. The average molecular weight is 501 g/mol. The van der Waals surface area contributed by atoms with E-state index in [1.165, 1.54) is 12.1 Å². The van der Waals surface area contributed by atoms with E-state index in [0.29, 0.717) is 24.0 Å². The summed E-state index contributed by atoms with van der Waals surface area (Å²) in [5.41, 5.74) is 3.97. The average Bonchev–Trinajstić information content (AvgIpc) is 3.56. The fourth-order valence-corrected chi connectivity index (χ4v) is 6.50. The minimum absolute atomic E-state index is 0.0171. The van der Waals surface area contributed by atoms with Gasteiger partial charge in [-0.1, -0.05) is 6.07 Å². The monoisotopic (exact) mass is 500 g/mol. The Labute approximate surface area is 198 Å². The molecule has 2 aliphatic rings. The maximum absolute atomic E-state index is 12.7. The van der Waals surface area contributed by atoms with Crippen molar-refractivity contribution in [3.63, 3.8) is 0 Å². The number of benzene rings is 2. The van der Waals surface area contributed by atoms with Crippen LogP contribution in [-0.4, -0.2) is 32.1 Å². The summed E-state index contributed by atoms with van der Waals surface area (Å²) in [6.45, 7) is 2.37. The predicted molar refractivity (Wildman–Crippen MR) is 129 cm³/mol. The smallest absolute Gasteiger partial charge is 0.238 e. The normalized spacial score (nSPS) is 17.9. The van der Waals surface area contributed by atoms with Gasteiger partial charge < -0.3 is 10.6 Å². The summed E-state index contributed by atoms with van der Waals surface area (Å²) < 4.78 is 48.2.